The lowest BCUT2D eigenvalue weighted by atomic mass is 9.84. The van der Waals surface area contributed by atoms with Gasteiger partial charge in [-0.3, -0.25) is 10.2 Å². The van der Waals surface area contributed by atoms with Crippen molar-refractivity contribution in [3.63, 3.8) is 0 Å². The van der Waals surface area contributed by atoms with E-state index in [2.05, 4.69) is 37.6 Å². The number of hydrogen-bond donors (Lipinski definition) is 1. The summed E-state index contributed by atoms with van der Waals surface area (Å²) in [6.45, 7) is 16.7. The molecule has 2 aromatic carbocycles. The van der Waals surface area contributed by atoms with E-state index in [0.717, 1.165) is 73.4 Å². The average molecular weight is 593 g/mol. The molecule has 0 radical (unpaired) electrons. The number of amidine groups is 1. The minimum atomic E-state index is -0.321. The molecule has 9 heteroatoms. The van der Waals surface area contributed by atoms with E-state index in [1.807, 2.05) is 43.0 Å². The highest BCUT2D eigenvalue weighted by molar-refractivity contribution is 6.07. The number of carbonyl (C=O) groups is 2. The number of methoxy groups -OCH3 is 1. The Balaban J connectivity index is 0.00000135. The standard InChI is InChI=1S/C32H44N4O4.C2H4O/c1-8-39-27-18-22-23(19-28(27)40-9-2)32(10-11-32)36(30(22)33)20-26(37)21-16-24(31(3,4)5)29(38-7)25(17-21)35-14-12-34(6)13-15-35;1-2-3/h16-19,33H,8-15,20H2,1-7H3;2H,1H3. The zero-order chi connectivity index (χ0) is 31.5. The van der Waals surface area contributed by atoms with Crippen LogP contribution in [0.15, 0.2) is 24.3 Å². The summed E-state index contributed by atoms with van der Waals surface area (Å²) in [6.07, 6.45) is 2.58. The molecule has 1 N–H and O–H groups in total. The second-order valence-electron chi connectivity index (χ2n) is 12.5. The van der Waals surface area contributed by atoms with Gasteiger partial charge < -0.3 is 33.7 Å². The van der Waals surface area contributed by atoms with Crippen LogP contribution in [-0.4, -0.2) is 87.8 Å². The Labute approximate surface area is 256 Å². The summed E-state index contributed by atoms with van der Waals surface area (Å²) in [5.41, 5.74) is 4.06. The Morgan fingerprint density at radius 1 is 1.00 bits per heavy atom. The monoisotopic (exact) mass is 592 g/mol. The molecular weight excluding hydrogens is 544 g/mol. The van der Waals surface area contributed by atoms with Gasteiger partial charge in [0, 0.05) is 42.9 Å². The quantitative estimate of drug-likeness (QED) is 0.311. The van der Waals surface area contributed by atoms with Crippen LogP contribution in [0.25, 0.3) is 0 Å². The smallest absolute Gasteiger partial charge is 0.182 e. The topological polar surface area (TPSA) is 95.4 Å². The molecule has 9 nitrogen and oxygen atoms in total. The van der Waals surface area contributed by atoms with Crippen molar-refractivity contribution in [3.05, 3.63) is 46.5 Å². The predicted octanol–water partition coefficient (Wildman–Crippen LogP) is 5.26. The Morgan fingerprint density at radius 3 is 2.09 bits per heavy atom. The highest BCUT2D eigenvalue weighted by Crippen LogP contribution is 2.58. The fourth-order valence-corrected chi connectivity index (χ4v) is 6.13. The van der Waals surface area contributed by atoms with E-state index in [9.17, 15) is 4.79 Å². The number of anilines is 1. The summed E-state index contributed by atoms with van der Waals surface area (Å²) in [6, 6.07) is 7.97. The van der Waals surface area contributed by atoms with E-state index >= 15 is 0 Å². The second kappa shape index (κ2) is 13.0. The van der Waals surface area contributed by atoms with Crippen molar-refractivity contribution in [3.8, 4) is 17.2 Å². The van der Waals surface area contributed by atoms with Gasteiger partial charge >= 0.3 is 0 Å². The highest BCUT2D eigenvalue weighted by Gasteiger charge is 2.57. The van der Waals surface area contributed by atoms with Crippen LogP contribution in [0.1, 0.15) is 81.4 Å². The molecule has 1 saturated carbocycles. The number of piperazine rings is 1. The third-order valence-electron chi connectivity index (χ3n) is 8.50. The minimum Gasteiger partial charge on any atom is -0.494 e. The van der Waals surface area contributed by atoms with E-state index in [-0.39, 0.29) is 23.3 Å². The van der Waals surface area contributed by atoms with E-state index in [4.69, 9.17) is 24.4 Å². The number of fused-ring (bicyclic) bond motifs is 2. The Bertz CT molecular complexity index is 1350. The van der Waals surface area contributed by atoms with E-state index in [1.54, 1.807) is 7.11 Å². The molecule has 5 rings (SSSR count). The predicted molar refractivity (Wildman–Crippen MR) is 171 cm³/mol. The van der Waals surface area contributed by atoms with E-state index < -0.39 is 0 Å². The van der Waals surface area contributed by atoms with Gasteiger partial charge in [-0.2, -0.15) is 0 Å². The van der Waals surface area contributed by atoms with Crippen LogP contribution in [0.5, 0.6) is 17.2 Å². The number of ether oxygens (including phenoxy) is 3. The Hall–Kier alpha value is -3.59. The molecule has 1 saturated heterocycles. The third kappa shape index (κ3) is 6.37. The largest absolute Gasteiger partial charge is 0.494 e. The van der Waals surface area contributed by atoms with Gasteiger partial charge in [-0.05, 0) is 75.9 Å². The van der Waals surface area contributed by atoms with E-state index in [0.29, 0.717) is 36.1 Å². The van der Waals surface area contributed by atoms with Gasteiger partial charge in [-0.25, -0.2) is 0 Å². The fourth-order valence-electron chi connectivity index (χ4n) is 6.13. The maximum absolute atomic E-state index is 14.1. The van der Waals surface area contributed by atoms with Gasteiger partial charge in [0.25, 0.3) is 0 Å². The molecule has 2 heterocycles. The molecule has 0 unspecified atom stereocenters. The van der Waals surface area contributed by atoms with Crippen LogP contribution in [0.2, 0.25) is 0 Å². The van der Waals surface area contributed by atoms with Gasteiger partial charge in [-0.15, -0.1) is 0 Å². The molecule has 1 spiro atoms. The first-order valence-electron chi connectivity index (χ1n) is 15.3. The number of likely N-dealkylation sites (N-methyl/N-ethyl adjacent to an activating group) is 1. The molecule has 1 aliphatic carbocycles. The highest BCUT2D eigenvalue weighted by atomic mass is 16.5. The van der Waals surface area contributed by atoms with Crippen LogP contribution >= 0.6 is 0 Å². The zero-order valence-corrected chi connectivity index (χ0v) is 27.1. The zero-order valence-electron chi connectivity index (χ0n) is 27.1. The number of carbonyl (C=O) groups excluding carboxylic acids is 2. The van der Waals surface area contributed by atoms with Gasteiger partial charge in [0.1, 0.15) is 17.9 Å². The van der Waals surface area contributed by atoms with Crippen molar-refractivity contribution >= 4 is 23.6 Å². The van der Waals surface area contributed by atoms with Crippen LogP contribution in [0, 0.1) is 5.41 Å². The maximum atomic E-state index is 14.1. The molecule has 0 atom stereocenters. The Morgan fingerprint density at radius 2 is 1.58 bits per heavy atom. The molecule has 234 valence electrons. The number of benzene rings is 2. The number of ketones is 1. The SMILES string of the molecule is CC=O.CCOc1cc2c(cc1OCC)C1(CC1)N(CC(=O)c1cc(N3CCN(C)CC3)c(OC)c(C(C)(C)C)c1)C2=N. The lowest BCUT2D eigenvalue weighted by Crippen LogP contribution is -2.44. The normalized spacial score (nSPS) is 17.3. The Kier molecular flexibility index (Phi) is 9.74. The van der Waals surface area contributed by atoms with Crippen LogP contribution in [0.3, 0.4) is 0 Å². The average Bonchev–Trinajstić information content (AvgIpc) is 3.74. The first-order chi connectivity index (χ1) is 20.4. The van der Waals surface area contributed by atoms with Gasteiger partial charge in [0.15, 0.2) is 17.3 Å². The lowest BCUT2D eigenvalue weighted by Gasteiger charge is -2.36. The summed E-state index contributed by atoms with van der Waals surface area (Å²) in [5.74, 6) is 2.60. The van der Waals surface area contributed by atoms with Gasteiger partial charge in [0.2, 0.25) is 0 Å². The van der Waals surface area contributed by atoms with Crippen molar-refractivity contribution < 1.29 is 23.8 Å². The first kappa shape index (κ1) is 32.3. The summed E-state index contributed by atoms with van der Waals surface area (Å²) in [7, 11) is 3.86. The van der Waals surface area contributed by atoms with Crippen LogP contribution in [-0.2, 0) is 15.7 Å². The van der Waals surface area contributed by atoms with Crippen molar-refractivity contribution in [2.24, 2.45) is 0 Å². The molecule has 0 bridgehead atoms. The number of nitrogens with one attached hydrogen (secondary N) is 1. The lowest BCUT2D eigenvalue weighted by molar-refractivity contribution is -0.106. The fraction of sp³-hybridized carbons (Fsp3) is 0.559. The number of Topliss-reactive ketones (excluding diaryl/α,β-unsaturated/α-hetero) is 1. The molecule has 43 heavy (non-hydrogen) atoms. The second-order valence-corrected chi connectivity index (χ2v) is 12.5. The third-order valence-corrected chi connectivity index (χ3v) is 8.50. The molecule has 2 aliphatic heterocycles. The van der Waals surface area contributed by atoms with Gasteiger partial charge in [-0.1, -0.05) is 20.8 Å². The molecule has 3 aliphatic rings. The summed E-state index contributed by atoms with van der Waals surface area (Å²) >= 11 is 0. The summed E-state index contributed by atoms with van der Waals surface area (Å²) in [5, 5.41) is 9.11. The van der Waals surface area contributed by atoms with Gasteiger partial charge in [0.05, 0.1) is 38.1 Å². The molecule has 2 aromatic rings. The van der Waals surface area contributed by atoms with Crippen molar-refractivity contribution in [1.82, 2.24) is 9.80 Å². The van der Waals surface area contributed by atoms with Crippen molar-refractivity contribution in [1.29, 1.82) is 5.41 Å². The van der Waals surface area contributed by atoms with Crippen molar-refractivity contribution in [2.75, 3.05) is 65.0 Å². The number of hydrogen-bond acceptors (Lipinski definition) is 8. The maximum Gasteiger partial charge on any atom is 0.182 e. The molecule has 2 fully saturated rings. The van der Waals surface area contributed by atoms with E-state index in [1.165, 1.54) is 6.92 Å². The summed E-state index contributed by atoms with van der Waals surface area (Å²) < 4.78 is 17.7. The first-order valence-corrected chi connectivity index (χ1v) is 15.3. The number of rotatable bonds is 9. The number of aldehydes is 1. The van der Waals surface area contributed by atoms with Crippen LogP contribution in [0.4, 0.5) is 5.69 Å². The summed E-state index contributed by atoms with van der Waals surface area (Å²) in [4.78, 5) is 29.5. The number of nitrogens with zero attached hydrogens (tertiary/aromatic N) is 3. The van der Waals surface area contributed by atoms with Crippen LogP contribution < -0.4 is 19.1 Å². The minimum absolute atomic E-state index is 0.0161. The molecular formula is C34H48N4O5. The molecule has 0 aromatic heterocycles. The molecule has 0 amide bonds. The van der Waals surface area contributed by atoms with Crippen molar-refractivity contribution in [2.45, 2.75) is 65.3 Å².